The van der Waals surface area contributed by atoms with Gasteiger partial charge in [-0.15, -0.1) is 0 Å². The van der Waals surface area contributed by atoms with Crippen molar-refractivity contribution < 1.29 is 9.84 Å². The second-order valence-electron chi connectivity index (χ2n) is 5.54. The normalized spacial score (nSPS) is 34.7. The van der Waals surface area contributed by atoms with Gasteiger partial charge in [0.15, 0.2) is 0 Å². The van der Waals surface area contributed by atoms with Crippen LogP contribution >= 0.6 is 27.5 Å². The summed E-state index contributed by atoms with van der Waals surface area (Å²) in [5, 5.41) is 11.4. The van der Waals surface area contributed by atoms with E-state index in [0.29, 0.717) is 11.6 Å². The smallest absolute Gasteiger partial charge is 0.0884 e. The fourth-order valence-corrected chi connectivity index (χ4v) is 3.98. The average Bonchev–Trinajstić information content (AvgIpc) is 3.02. The summed E-state index contributed by atoms with van der Waals surface area (Å²) < 4.78 is 6.69. The molecule has 1 aromatic rings. The van der Waals surface area contributed by atoms with E-state index in [2.05, 4.69) is 15.9 Å². The van der Waals surface area contributed by atoms with E-state index in [-0.39, 0.29) is 17.6 Å². The highest BCUT2D eigenvalue weighted by atomic mass is 79.9. The molecule has 3 N–H and O–H groups in total. The summed E-state index contributed by atoms with van der Waals surface area (Å²) in [5.74, 6) is 0. The zero-order valence-electron chi connectivity index (χ0n) is 10.5. The molecule has 2 heterocycles. The lowest BCUT2D eigenvalue weighted by atomic mass is 9.68. The molecule has 3 nitrogen and oxygen atoms in total. The number of benzene rings is 1. The molecule has 3 rings (SSSR count). The second kappa shape index (κ2) is 5.01. The predicted molar refractivity (Wildman–Crippen MR) is 78.1 cm³/mol. The van der Waals surface area contributed by atoms with Crippen molar-refractivity contribution >= 4 is 27.5 Å². The van der Waals surface area contributed by atoms with E-state index < -0.39 is 6.10 Å². The summed E-state index contributed by atoms with van der Waals surface area (Å²) in [4.78, 5) is 0. The summed E-state index contributed by atoms with van der Waals surface area (Å²) in [7, 11) is 0. The van der Waals surface area contributed by atoms with Gasteiger partial charge in [-0.2, -0.15) is 0 Å². The largest absolute Gasteiger partial charge is 0.388 e. The van der Waals surface area contributed by atoms with E-state index in [1.807, 2.05) is 12.1 Å². The number of halogens is 2. The van der Waals surface area contributed by atoms with Crippen molar-refractivity contribution in [2.45, 2.75) is 37.6 Å². The monoisotopic (exact) mass is 345 g/mol. The summed E-state index contributed by atoms with van der Waals surface area (Å²) in [6, 6.07) is 5.53. The molecule has 0 radical (unpaired) electrons. The van der Waals surface area contributed by atoms with Crippen molar-refractivity contribution in [2.24, 2.45) is 11.1 Å². The Bertz CT molecular complexity index is 498. The van der Waals surface area contributed by atoms with Crippen LogP contribution in [0.25, 0.3) is 0 Å². The summed E-state index contributed by atoms with van der Waals surface area (Å²) in [6.45, 7) is 0.440. The lowest BCUT2D eigenvalue weighted by molar-refractivity contribution is -0.0264. The minimum absolute atomic E-state index is 0.0759. The Morgan fingerprint density at radius 2 is 2.32 bits per heavy atom. The van der Waals surface area contributed by atoms with Crippen LogP contribution in [0.5, 0.6) is 0 Å². The van der Waals surface area contributed by atoms with Crippen LogP contribution in [0.4, 0.5) is 0 Å². The minimum atomic E-state index is -0.610. The Balaban J connectivity index is 1.93. The molecular weight excluding hydrogens is 330 g/mol. The molecule has 0 amide bonds. The molecule has 19 heavy (non-hydrogen) atoms. The zero-order valence-corrected chi connectivity index (χ0v) is 12.8. The third-order valence-corrected chi connectivity index (χ3v) is 5.75. The molecule has 2 aliphatic heterocycles. The standard InChI is InChI=1S/C14H17BrClNO2/c15-10-5-8(1-3-11(10)16)13(18)14(7-17)6-9-2-4-12(14)19-9/h1,3,5,9,12-13,18H,2,4,6-7,17H2. The third kappa shape index (κ3) is 2.14. The molecule has 4 unspecified atom stereocenters. The molecule has 0 spiro atoms. The van der Waals surface area contributed by atoms with Crippen molar-refractivity contribution in [3.8, 4) is 0 Å². The molecule has 1 aromatic carbocycles. The fraction of sp³-hybridized carbons (Fsp3) is 0.571. The first-order valence-electron chi connectivity index (χ1n) is 6.55. The van der Waals surface area contributed by atoms with Gasteiger partial charge in [-0.05, 0) is 52.9 Å². The van der Waals surface area contributed by atoms with Gasteiger partial charge in [0, 0.05) is 16.4 Å². The van der Waals surface area contributed by atoms with Crippen molar-refractivity contribution in [1.82, 2.24) is 0 Å². The maximum absolute atomic E-state index is 10.8. The molecule has 104 valence electrons. The second-order valence-corrected chi connectivity index (χ2v) is 6.80. The van der Waals surface area contributed by atoms with Gasteiger partial charge < -0.3 is 15.6 Å². The highest BCUT2D eigenvalue weighted by molar-refractivity contribution is 9.10. The number of nitrogens with two attached hydrogens (primary N) is 1. The van der Waals surface area contributed by atoms with Gasteiger partial charge in [0.25, 0.3) is 0 Å². The van der Waals surface area contributed by atoms with Gasteiger partial charge >= 0.3 is 0 Å². The van der Waals surface area contributed by atoms with Crippen LogP contribution in [-0.2, 0) is 4.74 Å². The number of fused-ring (bicyclic) bond motifs is 2. The van der Waals surface area contributed by atoms with Crippen LogP contribution in [0.15, 0.2) is 22.7 Å². The molecule has 4 atom stereocenters. The topological polar surface area (TPSA) is 55.5 Å². The SMILES string of the molecule is NCC1(C(O)c2ccc(Cl)c(Br)c2)CC2CCC1O2. The van der Waals surface area contributed by atoms with Crippen LogP contribution in [0, 0.1) is 5.41 Å². The van der Waals surface area contributed by atoms with Crippen LogP contribution in [-0.4, -0.2) is 23.9 Å². The molecule has 5 heteroatoms. The maximum atomic E-state index is 10.8. The molecule has 2 saturated heterocycles. The van der Waals surface area contributed by atoms with Gasteiger partial charge in [-0.25, -0.2) is 0 Å². The highest BCUT2D eigenvalue weighted by Gasteiger charge is 2.55. The number of rotatable bonds is 3. The van der Waals surface area contributed by atoms with Crippen LogP contribution in [0.1, 0.15) is 30.9 Å². The maximum Gasteiger partial charge on any atom is 0.0884 e. The molecule has 0 saturated carbocycles. The van der Waals surface area contributed by atoms with Gasteiger partial charge in [-0.1, -0.05) is 17.7 Å². The van der Waals surface area contributed by atoms with Crippen molar-refractivity contribution in [2.75, 3.05) is 6.54 Å². The van der Waals surface area contributed by atoms with E-state index in [4.69, 9.17) is 22.1 Å². The minimum Gasteiger partial charge on any atom is -0.388 e. The molecule has 2 bridgehead atoms. The lowest BCUT2D eigenvalue weighted by Crippen LogP contribution is -2.44. The summed E-state index contributed by atoms with van der Waals surface area (Å²) in [6.07, 6.45) is 2.65. The summed E-state index contributed by atoms with van der Waals surface area (Å²) in [5.41, 5.74) is 6.48. The van der Waals surface area contributed by atoms with E-state index >= 15 is 0 Å². The van der Waals surface area contributed by atoms with Crippen molar-refractivity contribution in [1.29, 1.82) is 0 Å². The van der Waals surface area contributed by atoms with Gasteiger partial charge in [0.05, 0.1) is 23.3 Å². The molecule has 0 aliphatic carbocycles. The fourth-order valence-electron chi connectivity index (χ4n) is 3.46. The van der Waals surface area contributed by atoms with Crippen LogP contribution < -0.4 is 5.73 Å². The van der Waals surface area contributed by atoms with Crippen LogP contribution in [0.3, 0.4) is 0 Å². The first kappa shape index (κ1) is 13.8. The third-order valence-electron chi connectivity index (χ3n) is 4.54. The summed E-state index contributed by atoms with van der Waals surface area (Å²) >= 11 is 9.40. The number of aliphatic hydroxyl groups is 1. The molecule has 0 aromatic heterocycles. The Morgan fingerprint density at radius 1 is 1.53 bits per heavy atom. The van der Waals surface area contributed by atoms with E-state index in [1.165, 1.54) is 0 Å². The van der Waals surface area contributed by atoms with E-state index in [0.717, 1.165) is 29.3 Å². The van der Waals surface area contributed by atoms with Gasteiger partial charge in [0.2, 0.25) is 0 Å². The van der Waals surface area contributed by atoms with Crippen molar-refractivity contribution in [3.63, 3.8) is 0 Å². The van der Waals surface area contributed by atoms with E-state index in [9.17, 15) is 5.11 Å². The van der Waals surface area contributed by atoms with Crippen LogP contribution in [0.2, 0.25) is 5.02 Å². The zero-order chi connectivity index (χ0) is 13.6. The van der Waals surface area contributed by atoms with Gasteiger partial charge in [-0.3, -0.25) is 0 Å². The number of hydrogen-bond donors (Lipinski definition) is 2. The first-order chi connectivity index (χ1) is 9.06. The molecule has 2 aliphatic rings. The quantitative estimate of drug-likeness (QED) is 0.884. The molecule has 2 fully saturated rings. The van der Waals surface area contributed by atoms with Crippen molar-refractivity contribution in [3.05, 3.63) is 33.3 Å². The Hall–Kier alpha value is -0.130. The Kier molecular flexibility index (Phi) is 3.65. The first-order valence-corrected chi connectivity index (χ1v) is 7.72. The Morgan fingerprint density at radius 3 is 2.84 bits per heavy atom. The predicted octanol–water partition coefficient (Wildman–Crippen LogP) is 3.03. The molecular formula is C14H17BrClNO2. The number of hydrogen-bond acceptors (Lipinski definition) is 3. The average molecular weight is 347 g/mol. The van der Waals surface area contributed by atoms with Gasteiger partial charge in [0.1, 0.15) is 0 Å². The highest BCUT2D eigenvalue weighted by Crippen LogP contribution is 2.53. The lowest BCUT2D eigenvalue weighted by Gasteiger charge is -2.38. The van der Waals surface area contributed by atoms with E-state index in [1.54, 1.807) is 6.07 Å². The Labute approximate surface area is 126 Å². The number of aliphatic hydroxyl groups excluding tert-OH is 1. The number of ether oxygens (including phenoxy) is 1.